The fourth-order valence-corrected chi connectivity index (χ4v) is 5.50. The Balaban J connectivity index is 1.37. The van der Waals surface area contributed by atoms with Crippen molar-refractivity contribution in [1.29, 1.82) is 0 Å². The summed E-state index contributed by atoms with van der Waals surface area (Å²) in [4.78, 5) is 17.7. The van der Waals surface area contributed by atoms with E-state index in [4.69, 9.17) is 9.47 Å². The first-order valence-electron chi connectivity index (χ1n) is 12.1. The number of hydrogen-bond acceptors (Lipinski definition) is 4. The molecule has 0 saturated carbocycles. The van der Waals surface area contributed by atoms with Crippen molar-refractivity contribution in [2.75, 3.05) is 40.4 Å². The average molecular weight is 451 g/mol. The second kappa shape index (κ2) is 9.76. The fourth-order valence-electron chi connectivity index (χ4n) is 5.50. The number of carbonyl (C=O) groups excluding carboxylic acids is 1. The lowest BCUT2D eigenvalue weighted by Gasteiger charge is -2.35. The van der Waals surface area contributed by atoms with Gasteiger partial charge in [0.25, 0.3) is 5.91 Å². The number of benzene rings is 2. The summed E-state index contributed by atoms with van der Waals surface area (Å²) in [6.07, 6.45) is 3.48. The molecule has 2 aromatic rings. The van der Waals surface area contributed by atoms with E-state index in [9.17, 15) is 4.79 Å². The van der Waals surface area contributed by atoms with Crippen LogP contribution in [0.1, 0.15) is 56.6 Å². The SMILES string of the molecule is COc1cc2c(cc1OC)C(=O)N(CC1CCCN(CCc3cc(C)c(C)c(C)c3C)C1)C2. The van der Waals surface area contributed by atoms with Gasteiger partial charge in [-0.1, -0.05) is 6.07 Å². The van der Waals surface area contributed by atoms with Crippen LogP contribution in [-0.4, -0.2) is 56.1 Å². The molecule has 2 aromatic carbocycles. The molecule has 0 spiro atoms. The van der Waals surface area contributed by atoms with Crippen molar-refractivity contribution in [3.8, 4) is 11.5 Å². The van der Waals surface area contributed by atoms with Crippen LogP contribution in [0.3, 0.4) is 0 Å². The van der Waals surface area contributed by atoms with E-state index in [2.05, 4.69) is 38.7 Å². The summed E-state index contributed by atoms with van der Waals surface area (Å²) in [5.74, 6) is 1.94. The summed E-state index contributed by atoms with van der Waals surface area (Å²) in [6, 6.07) is 6.16. The van der Waals surface area contributed by atoms with E-state index < -0.39 is 0 Å². The highest BCUT2D eigenvalue weighted by Crippen LogP contribution is 2.35. The van der Waals surface area contributed by atoms with Crippen molar-refractivity contribution in [3.63, 3.8) is 0 Å². The highest BCUT2D eigenvalue weighted by molar-refractivity contribution is 5.99. The quantitative estimate of drug-likeness (QED) is 0.605. The number of piperidine rings is 1. The van der Waals surface area contributed by atoms with E-state index in [-0.39, 0.29) is 5.91 Å². The molecule has 1 atom stereocenters. The largest absolute Gasteiger partial charge is 0.493 e. The first-order valence-corrected chi connectivity index (χ1v) is 12.1. The number of methoxy groups -OCH3 is 2. The maximum absolute atomic E-state index is 13.1. The van der Waals surface area contributed by atoms with Crippen molar-refractivity contribution in [2.45, 2.75) is 53.5 Å². The van der Waals surface area contributed by atoms with Gasteiger partial charge in [0.1, 0.15) is 0 Å². The lowest BCUT2D eigenvalue weighted by atomic mass is 9.92. The second-order valence-corrected chi connectivity index (χ2v) is 9.84. The van der Waals surface area contributed by atoms with Crippen LogP contribution in [0.4, 0.5) is 0 Å². The van der Waals surface area contributed by atoms with E-state index in [1.807, 2.05) is 17.0 Å². The standard InChI is InChI=1S/C28H38N2O3/c1-18-12-23(21(4)20(3)19(18)2)9-11-29-10-7-8-22(15-29)16-30-17-24-13-26(32-5)27(33-6)14-25(24)28(30)31/h12-14,22H,7-11,15-17H2,1-6H3. The van der Waals surface area contributed by atoms with Gasteiger partial charge in [0, 0.05) is 31.7 Å². The predicted octanol–water partition coefficient (Wildman–Crippen LogP) is 4.85. The first kappa shape index (κ1) is 23.6. The van der Waals surface area contributed by atoms with E-state index in [0.29, 0.717) is 24.0 Å². The number of carbonyl (C=O) groups is 1. The molecule has 2 aliphatic heterocycles. The summed E-state index contributed by atoms with van der Waals surface area (Å²) in [6.45, 7) is 13.7. The van der Waals surface area contributed by atoms with Gasteiger partial charge in [0.15, 0.2) is 11.5 Å². The Morgan fingerprint density at radius 2 is 1.70 bits per heavy atom. The van der Waals surface area contributed by atoms with Crippen LogP contribution < -0.4 is 9.47 Å². The van der Waals surface area contributed by atoms with Gasteiger partial charge < -0.3 is 19.3 Å². The fraction of sp³-hybridized carbons (Fsp3) is 0.536. The molecule has 178 valence electrons. The summed E-state index contributed by atoms with van der Waals surface area (Å²) in [7, 11) is 3.24. The molecule has 0 aromatic heterocycles. The molecular formula is C28H38N2O3. The van der Waals surface area contributed by atoms with E-state index in [0.717, 1.165) is 43.7 Å². The molecule has 1 fully saturated rings. The Morgan fingerprint density at radius 1 is 0.970 bits per heavy atom. The average Bonchev–Trinajstić information content (AvgIpc) is 3.12. The minimum absolute atomic E-state index is 0.115. The van der Waals surface area contributed by atoms with E-state index in [1.165, 1.54) is 40.7 Å². The third kappa shape index (κ3) is 4.74. The number of ether oxygens (including phenoxy) is 2. The van der Waals surface area contributed by atoms with Crippen molar-refractivity contribution < 1.29 is 14.3 Å². The number of nitrogens with zero attached hydrogens (tertiary/aromatic N) is 2. The molecule has 5 nitrogen and oxygen atoms in total. The molecule has 0 N–H and O–H groups in total. The van der Waals surface area contributed by atoms with Crippen LogP contribution in [0.2, 0.25) is 0 Å². The monoisotopic (exact) mass is 450 g/mol. The van der Waals surface area contributed by atoms with Gasteiger partial charge >= 0.3 is 0 Å². The summed E-state index contributed by atoms with van der Waals surface area (Å²) in [5, 5.41) is 0. The molecule has 2 aliphatic rings. The summed E-state index contributed by atoms with van der Waals surface area (Å²) in [5.41, 5.74) is 8.95. The number of rotatable bonds is 7. The third-order valence-electron chi connectivity index (χ3n) is 7.86. The maximum Gasteiger partial charge on any atom is 0.254 e. The highest BCUT2D eigenvalue weighted by Gasteiger charge is 2.32. The predicted molar refractivity (Wildman–Crippen MR) is 133 cm³/mol. The first-order chi connectivity index (χ1) is 15.8. The van der Waals surface area contributed by atoms with Gasteiger partial charge in [-0.05, 0) is 105 Å². The van der Waals surface area contributed by atoms with Crippen molar-refractivity contribution >= 4 is 5.91 Å². The molecule has 0 bridgehead atoms. The van der Waals surface area contributed by atoms with Crippen LogP contribution in [0.15, 0.2) is 18.2 Å². The molecule has 0 radical (unpaired) electrons. The Bertz CT molecular complexity index is 1050. The zero-order valence-electron chi connectivity index (χ0n) is 21.1. The zero-order valence-corrected chi connectivity index (χ0v) is 21.1. The molecule has 33 heavy (non-hydrogen) atoms. The Morgan fingerprint density at radius 3 is 2.42 bits per heavy atom. The number of hydrogen-bond donors (Lipinski definition) is 0. The lowest BCUT2D eigenvalue weighted by Crippen LogP contribution is -2.41. The molecule has 5 heteroatoms. The van der Waals surface area contributed by atoms with Gasteiger partial charge in [-0.15, -0.1) is 0 Å². The van der Waals surface area contributed by atoms with Gasteiger partial charge in [-0.25, -0.2) is 0 Å². The number of likely N-dealkylation sites (tertiary alicyclic amines) is 1. The number of fused-ring (bicyclic) bond motifs is 1. The maximum atomic E-state index is 13.1. The molecule has 2 heterocycles. The molecule has 4 rings (SSSR count). The van der Waals surface area contributed by atoms with Crippen LogP contribution >= 0.6 is 0 Å². The van der Waals surface area contributed by atoms with Crippen molar-refractivity contribution in [1.82, 2.24) is 9.80 Å². The van der Waals surface area contributed by atoms with Gasteiger partial charge in [-0.2, -0.15) is 0 Å². The molecular weight excluding hydrogens is 412 g/mol. The number of amides is 1. The third-order valence-corrected chi connectivity index (χ3v) is 7.86. The lowest BCUT2D eigenvalue weighted by molar-refractivity contribution is 0.0703. The minimum atomic E-state index is 0.115. The second-order valence-electron chi connectivity index (χ2n) is 9.84. The highest BCUT2D eigenvalue weighted by atomic mass is 16.5. The van der Waals surface area contributed by atoms with Crippen LogP contribution in [0.5, 0.6) is 11.5 Å². The smallest absolute Gasteiger partial charge is 0.254 e. The Labute approximate surface area is 198 Å². The van der Waals surface area contributed by atoms with Gasteiger partial charge in [-0.3, -0.25) is 4.79 Å². The van der Waals surface area contributed by atoms with E-state index in [1.54, 1.807) is 14.2 Å². The van der Waals surface area contributed by atoms with Crippen LogP contribution in [-0.2, 0) is 13.0 Å². The minimum Gasteiger partial charge on any atom is -0.493 e. The normalized spacial score (nSPS) is 18.5. The Kier molecular flexibility index (Phi) is 6.99. The van der Waals surface area contributed by atoms with Crippen molar-refractivity contribution in [3.05, 3.63) is 57.1 Å². The Hall–Kier alpha value is -2.53. The zero-order chi connectivity index (χ0) is 23.7. The van der Waals surface area contributed by atoms with Crippen LogP contribution in [0.25, 0.3) is 0 Å². The summed E-state index contributed by atoms with van der Waals surface area (Å²) >= 11 is 0. The van der Waals surface area contributed by atoms with Crippen molar-refractivity contribution in [2.24, 2.45) is 5.92 Å². The number of aryl methyl sites for hydroxylation is 1. The van der Waals surface area contributed by atoms with Gasteiger partial charge in [0.2, 0.25) is 0 Å². The molecule has 1 amide bonds. The topological polar surface area (TPSA) is 42.0 Å². The van der Waals surface area contributed by atoms with Crippen LogP contribution in [0, 0.1) is 33.6 Å². The van der Waals surface area contributed by atoms with E-state index >= 15 is 0 Å². The summed E-state index contributed by atoms with van der Waals surface area (Å²) < 4.78 is 10.8. The van der Waals surface area contributed by atoms with Gasteiger partial charge in [0.05, 0.1) is 14.2 Å². The molecule has 0 aliphatic carbocycles. The molecule has 1 saturated heterocycles. The molecule has 1 unspecified atom stereocenters.